The summed E-state index contributed by atoms with van der Waals surface area (Å²) in [5.74, 6) is -0.986. The van der Waals surface area contributed by atoms with Crippen LogP contribution in [0.5, 0.6) is 0 Å². The van der Waals surface area contributed by atoms with Gasteiger partial charge in [-0.2, -0.15) is 0 Å². The molecule has 1 amide bonds. The van der Waals surface area contributed by atoms with Gasteiger partial charge in [-0.1, -0.05) is 18.2 Å². The molecule has 2 heterocycles. The number of fused-ring (bicyclic) bond motifs is 1. The summed E-state index contributed by atoms with van der Waals surface area (Å²) in [7, 11) is -3.53. The van der Waals surface area contributed by atoms with Crippen LogP contribution in [-0.2, 0) is 16.4 Å². The Morgan fingerprint density at radius 3 is 2.46 bits per heavy atom. The number of carbonyl (C=O) groups excluding carboxylic acids is 1. The first-order valence-corrected chi connectivity index (χ1v) is 9.56. The molecule has 6 nitrogen and oxygen atoms in total. The molecule has 1 aliphatic rings. The molecule has 0 unspecified atom stereocenters. The van der Waals surface area contributed by atoms with Crippen molar-refractivity contribution >= 4 is 21.4 Å². The smallest absolute Gasteiger partial charge is 0.274 e. The van der Waals surface area contributed by atoms with Gasteiger partial charge in [0.2, 0.25) is 15.0 Å². The van der Waals surface area contributed by atoms with Gasteiger partial charge in [0.15, 0.2) is 0 Å². The van der Waals surface area contributed by atoms with Gasteiger partial charge in [0.25, 0.3) is 5.91 Å². The molecule has 26 heavy (non-hydrogen) atoms. The van der Waals surface area contributed by atoms with Gasteiger partial charge in [-0.25, -0.2) is 17.8 Å². The maximum Gasteiger partial charge on any atom is 0.274 e. The van der Waals surface area contributed by atoms with E-state index in [2.05, 4.69) is 10.3 Å². The van der Waals surface area contributed by atoms with E-state index in [1.54, 1.807) is 24.3 Å². The van der Waals surface area contributed by atoms with Crippen LogP contribution in [-0.4, -0.2) is 29.6 Å². The van der Waals surface area contributed by atoms with Crippen LogP contribution in [0.3, 0.4) is 0 Å². The fourth-order valence-electron chi connectivity index (χ4n) is 2.93. The first-order valence-electron chi connectivity index (χ1n) is 7.91. The van der Waals surface area contributed by atoms with Crippen molar-refractivity contribution in [3.63, 3.8) is 0 Å². The zero-order valence-electron chi connectivity index (χ0n) is 13.5. The van der Waals surface area contributed by atoms with E-state index >= 15 is 0 Å². The third-order valence-corrected chi connectivity index (χ3v) is 5.75. The number of nitrogens with one attached hydrogen (secondary N) is 1. The molecular weight excluding hydrogens is 357 g/mol. The van der Waals surface area contributed by atoms with Crippen molar-refractivity contribution in [2.24, 2.45) is 0 Å². The van der Waals surface area contributed by atoms with Gasteiger partial charge in [-0.05, 0) is 36.4 Å². The highest BCUT2D eigenvalue weighted by atomic mass is 32.2. The van der Waals surface area contributed by atoms with Crippen LogP contribution in [0.4, 0.5) is 10.1 Å². The Morgan fingerprint density at radius 2 is 1.77 bits per heavy atom. The number of halogens is 1. The van der Waals surface area contributed by atoms with Gasteiger partial charge in [-0.3, -0.25) is 4.79 Å². The average Bonchev–Trinajstić information content (AvgIpc) is 3.14. The van der Waals surface area contributed by atoms with E-state index in [4.69, 9.17) is 0 Å². The number of aromatic nitrogens is 2. The number of para-hydroxylation sites is 1. The van der Waals surface area contributed by atoms with Crippen molar-refractivity contribution in [2.45, 2.75) is 11.7 Å². The highest BCUT2D eigenvalue weighted by Crippen LogP contribution is 2.31. The quantitative estimate of drug-likeness (QED) is 0.768. The Morgan fingerprint density at radius 1 is 1.08 bits per heavy atom. The highest BCUT2D eigenvalue weighted by Gasteiger charge is 2.35. The molecule has 0 aliphatic carbocycles. The minimum Gasteiger partial charge on any atom is -0.321 e. The summed E-state index contributed by atoms with van der Waals surface area (Å²) < 4.78 is 39.1. The molecule has 0 radical (unpaired) electrons. The first-order chi connectivity index (χ1) is 12.5. The summed E-state index contributed by atoms with van der Waals surface area (Å²) in [5, 5.41) is 2.62. The van der Waals surface area contributed by atoms with Crippen molar-refractivity contribution in [2.75, 3.05) is 11.1 Å². The van der Waals surface area contributed by atoms with Crippen LogP contribution in [0, 0.1) is 5.82 Å². The molecule has 132 valence electrons. The summed E-state index contributed by atoms with van der Waals surface area (Å²) in [6.45, 7) is 0.156. The fraction of sp³-hybridized carbons (Fsp3) is 0.111. The fourth-order valence-corrected chi connectivity index (χ4v) is 4.29. The van der Waals surface area contributed by atoms with Gasteiger partial charge in [0.05, 0.1) is 5.75 Å². The van der Waals surface area contributed by atoms with Gasteiger partial charge in [0, 0.05) is 17.8 Å². The van der Waals surface area contributed by atoms with Gasteiger partial charge in [-0.15, -0.1) is 0 Å². The summed E-state index contributed by atoms with van der Waals surface area (Å²) >= 11 is 0. The number of nitrogens with zero attached hydrogens (tertiary/aromatic N) is 2. The average molecular weight is 371 g/mol. The van der Waals surface area contributed by atoms with E-state index in [9.17, 15) is 17.6 Å². The van der Waals surface area contributed by atoms with Gasteiger partial charge in [0.1, 0.15) is 17.2 Å². The number of anilines is 1. The summed E-state index contributed by atoms with van der Waals surface area (Å²) in [6, 6.07) is 14.3. The second-order valence-corrected chi connectivity index (χ2v) is 7.89. The number of rotatable bonds is 3. The highest BCUT2D eigenvalue weighted by molar-refractivity contribution is 7.91. The van der Waals surface area contributed by atoms with Crippen LogP contribution in [0.25, 0.3) is 11.3 Å². The van der Waals surface area contributed by atoms with Gasteiger partial charge < -0.3 is 9.88 Å². The van der Waals surface area contributed by atoms with Gasteiger partial charge >= 0.3 is 0 Å². The lowest BCUT2D eigenvalue weighted by Gasteiger charge is -2.09. The predicted molar refractivity (Wildman–Crippen MR) is 94.1 cm³/mol. The number of amides is 1. The molecular formula is C18H14FN3O3S. The van der Waals surface area contributed by atoms with Crippen molar-refractivity contribution in [1.29, 1.82) is 0 Å². The first kappa shape index (κ1) is 16.5. The van der Waals surface area contributed by atoms with Crippen molar-refractivity contribution < 1.29 is 17.6 Å². The van der Waals surface area contributed by atoms with Crippen LogP contribution in [0.15, 0.2) is 59.8 Å². The van der Waals surface area contributed by atoms with E-state index in [1.807, 2.05) is 6.07 Å². The maximum absolute atomic E-state index is 13.2. The van der Waals surface area contributed by atoms with E-state index < -0.39 is 21.6 Å². The van der Waals surface area contributed by atoms with E-state index in [-0.39, 0.29) is 28.8 Å². The van der Waals surface area contributed by atoms with E-state index in [1.165, 1.54) is 28.8 Å². The Balaban J connectivity index is 1.84. The topological polar surface area (TPSA) is 81.1 Å². The van der Waals surface area contributed by atoms with Crippen LogP contribution < -0.4 is 5.32 Å². The molecule has 1 N–H and O–H groups in total. The SMILES string of the molecule is O=C(Nc1ccccc1)c1c(-c2ccc(F)cc2)nc2n1CCS2(=O)=O. The molecule has 0 saturated heterocycles. The summed E-state index contributed by atoms with van der Waals surface area (Å²) in [6.07, 6.45) is 0. The molecule has 4 rings (SSSR count). The number of carbonyl (C=O) groups is 1. The molecule has 0 atom stereocenters. The monoisotopic (exact) mass is 371 g/mol. The Hall–Kier alpha value is -3.00. The normalized spacial score (nSPS) is 14.8. The lowest BCUT2D eigenvalue weighted by Crippen LogP contribution is -2.17. The molecule has 0 spiro atoms. The lowest BCUT2D eigenvalue weighted by molar-refractivity contribution is 0.101. The zero-order chi connectivity index (χ0) is 18.3. The third-order valence-electron chi connectivity index (χ3n) is 4.16. The number of imidazole rings is 1. The van der Waals surface area contributed by atoms with Crippen LogP contribution in [0.2, 0.25) is 0 Å². The molecule has 8 heteroatoms. The van der Waals surface area contributed by atoms with E-state index in [0.29, 0.717) is 11.3 Å². The number of benzene rings is 2. The molecule has 1 aliphatic heterocycles. The van der Waals surface area contributed by atoms with Crippen LogP contribution >= 0.6 is 0 Å². The molecule has 1 aromatic heterocycles. The second kappa shape index (κ2) is 6.06. The van der Waals surface area contributed by atoms with E-state index in [0.717, 1.165) is 0 Å². The summed E-state index contributed by atoms with van der Waals surface area (Å²) in [4.78, 5) is 17.1. The minimum absolute atomic E-state index is 0.0926. The summed E-state index contributed by atoms with van der Waals surface area (Å²) in [5.41, 5.74) is 1.42. The largest absolute Gasteiger partial charge is 0.321 e. The zero-order valence-corrected chi connectivity index (χ0v) is 14.3. The molecule has 0 bridgehead atoms. The molecule has 2 aromatic carbocycles. The van der Waals surface area contributed by atoms with Crippen LogP contribution in [0.1, 0.15) is 10.5 Å². The second-order valence-electron chi connectivity index (χ2n) is 5.89. The lowest BCUT2D eigenvalue weighted by atomic mass is 10.1. The third kappa shape index (κ3) is 2.78. The predicted octanol–water partition coefficient (Wildman–Crippen LogP) is 2.73. The molecule has 3 aromatic rings. The Bertz CT molecular complexity index is 1090. The maximum atomic E-state index is 13.2. The molecule has 0 fully saturated rings. The minimum atomic E-state index is -3.53. The van der Waals surface area contributed by atoms with Crippen molar-refractivity contribution in [1.82, 2.24) is 9.55 Å². The van der Waals surface area contributed by atoms with Crippen molar-refractivity contribution in [3.8, 4) is 11.3 Å². The standard InChI is InChI=1S/C18H14FN3O3S/c19-13-8-6-12(7-9-13)15-16(17(23)20-14-4-2-1-3-5-14)22-10-11-26(24,25)18(22)21-15/h1-9H,10-11H2,(H,20,23). The number of sulfone groups is 1. The Labute approximate surface area is 149 Å². The number of hydrogen-bond donors (Lipinski definition) is 1. The number of hydrogen-bond acceptors (Lipinski definition) is 4. The molecule has 0 saturated carbocycles. The Kier molecular flexibility index (Phi) is 3.84. The van der Waals surface area contributed by atoms with Crippen molar-refractivity contribution in [3.05, 3.63) is 66.1 Å².